The van der Waals surface area contributed by atoms with Gasteiger partial charge in [-0.2, -0.15) is 0 Å². The molecule has 86 valence electrons. The number of amides is 1. The Balaban J connectivity index is 2.17. The van der Waals surface area contributed by atoms with Crippen LogP contribution in [0.15, 0.2) is 18.2 Å². The highest BCUT2D eigenvalue weighted by Gasteiger charge is 2.46. The third-order valence-electron chi connectivity index (χ3n) is 2.96. The first-order valence-electron chi connectivity index (χ1n) is 5.47. The molecule has 0 aliphatic heterocycles. The predicted octanol–water partition coefficient (Wildman–Crippen LogP) is 1.38. The minimum absolute atomic E-state index is 0.0785. The highest BCUT2D eigenvalue weighted by molar-refractivity contribution is 6.01. The van der Waals surface area contributed by atoms with Crippen LogP contribution in [-0.4, -0.2) is 16.6 Å². The molecule has 0 aromatic heterocycles. The zero-order valence-electron chi connectivity index (χ0n) is 9.29. The second-order valence-corrected chi connectivity index (χ2v) is 4.32. The van der Waals surface area contributed by atoms with Crippen LogP contribution in [0.5, 0.6) is 5.75 Å². The van der Waals surface area contributed by atoms with Crippen molar-refractivity contribution in [2.75, 3.05) is 5.32 Å². The minimum atomic E-state index is -0.714. The van der Waals surface area contributed by atoms with Crippen LogP contribution >= 0.6 is 0 Å². The average molecular weight is 220 g/mol. The lowest BCUT2D eigenvalue weighted by atomic mass is 10.1. The molecule has 0 bridgehead atoms. The number of rotatable bonds is 3. The molecule has 16 heavy (non-hydrogen) atoms. The number of hydrogen-bond donors (Lipinski definition) is 3. The lowest BCUT2D eigenvalue weighted by Crippen LogP contribution is -2.37. The van der Waals surface area contributed by atoms with E-state index in [2.05, 4.69) is 5.32 Å². The maximum atomic E-state index is 11.7. The average Bonchev–Trinajstić information content (AvgIpc) is 3.01. The highest BCUT2D eigenvalue weighted by atomic mass is 16.3. The van der Waals surface area contributed by atoms with Crippen molar-refractivity contribution in [1.82, 2.24) is 0 Å². The molecule has 0 saturated heterocycles. The lowest BCUT2D eigenvalue weighted by molar-refractivity contribution is -0.118. The highest BCUT2D eigenvalue weighted by Crippen LogP contribution is 2.34. The summed E-state index contributed by atoms with van der Waals surface area (Å²) in [4.78, 5) is 11.7. The Kier molecular flexibility index (Phi) is 2.59. The van der Waals surface area contributed by atoms with Crippen molar-refractivity contribution in [3.05, 3.63) is 23.8 Å². The summed E-state index contributed by atoms with van der Waals surface area (Å²) >= 11 is 0. The summed E-state index contributed by atoms with van der Waals surface area (Å²) in [6.45, 7) is 2.02. The molecule has 2 rings (SSSR count). The van der Waals surface area contributed by atoms with Crippen molar-refractivity contribution >= 4 is 11.6 Å². The fraction of sp³-hybridized carbons (Fsp3) is 0.417. The van der Waals surface area contributed by atoms with Gasteiger partial charge in [0.05, 0.1) is 11.2 Å². The number of phenols is 1. The van der Waals surface area contributed by atoms with Crippen LogP contribution in [0.1, 0.15) is 25.3 Å². The molecule has 0 spiro atoms. The number of carbonyl (C=O) groups is 1. The molecule has 1 amide bonds. The first kappa shape index (κ1) is 11.0. The van der Waals surface area contributed by atoms with E-state index >= 15 is 0 Å². The number of nitrogens with one attached hydrogen (secondary N) is 1. The molecule has 0 atom stereocenters. The van der Waals surface area contributed by atoms with Gasteiger partial charge in [0, 0.05) is 0 Å². The SMILES string of the molecule is CCc1ccc(O)c(NC(=O)C2(N)CC2)c1. The number of anilines is 1. The number of aryl methyl sites for hydroxylation is 1. The predicted molar refractivity (Wildman–Crippen MR) is 62.3 cm³/mol. The van der Waals surface area contributed by atoms with E-state index in [1.54, 1.807) is 12.1 Å². The molecule has 1 saturated carbocycles. The normalized spacial score (nSPS) is 16.9. The fourth-order valence-electron chi connectivity index (χ4n) is 1.51. The van der Waals surface area contributed by atoms with Crippen LogP contribution in [0.25, 0.3) is 0 Å². The van der Waals surface area contributed by atoms with Gasteiger partial charge in [-0.15, -0.1) is 0 Å². The Labute approximate surface area is 94.5 Å². The van der Waals surface area contributed by atoms with Gasteiger partial charge >= 0.3 is 0 Å². The lowest BCUT2D eigenvalue weighted by Gasteiger charge is -2.12. The van der Waals surface area contributed by atoms with Gasteiger partial charge in [-0.1, -0.05) is 13.0 Å². The van der Waals surface area contributed by atoms with Gasteiger partial charge in [0.1, 0.15) is 5.75 Å². The number of aromatic hydroxyl groups is 1. The number of nitrogens with two attached hydrogens (primary N) is 1. The van der Waals surface area contributed by atoms with E-state index < -0.39 is 5.54 Å². The van der Waals surface area contributed by atoms with Crippen molar-refractivity contribution in [1.29, 1.82) is 0 Å². The van der Waals surface area contributed by atoms with Crippen LogP contribution < -0.4 is 11.1 Å². The Hall–Kier alpha value is -1.55. The molecule has 4 N–H and O–H groups in total. The van der Waals surface area contributed by atoms with E-state index in [1.807, 2.05) is 13.0 Å². The van der Waals surface area contributed by atoms with Crippen molar-refractivity contribution in [3.8, 4) is 5.75 Å². The molecule has 4 heteroatoms. The molecule has 1 fully saturated rings. The summed E-state index contributed by atoms with van der Waals surface area (Å²) in [5.74, 6) is -0.133. The Morgan fingerprint density at radius 2 is 2.25 bits per heavy atom. The summed E-state index contributed by atoms with van der Waals surface area (Å²) in [6, 6.07) is 5.20. The second-order valence-electron chi connectivity index (χ2n) is 4.32. The summed E-state index contributed by atoms with van der Waals surface area (Å²) in [5, 5.41) is 12.3. The largest absolute Gasteiger partial charge is 0.506 e. The fourth-order valence-corrected chi connectivity index (χ4v) is 1.51. The van der Waals surface area contributed by atoms with Crippen molar-refractivity contribution in [2.45, 2.75) is 31.7 Å². The van der Waals surface area contributed by atoms with Crippen LogP contribution in [0.3, 0.4) is 0 Å². The number of benzene rings is 1. The topological polar surface area (TPSA) is 75.3 Å². The maximum Gasteiger partial charge on any atom is 0.244 e. The molecule has 0 unspecified atom stereocenters. The van der Waals surface area contributed by atoms with E-state index in [-0.39, 0.29) is 11.7 Å². The second kappa shape index (κ2) is 3.79. The van der Waals surface area contributed by atoms with Gasteiger partial charge in [0.25, 0.3) is 0 Å². The van der Waals surface area contributed by atoms with Gasteiger partial charge in [-0.3, -0.25) is 4.79 Å². The summed E-state index contributed by atoms with van der Waals surface area (Å²) in [6.07, 6.45) is 2.29. The van der Waals surface area contributed by atoms with E-state index in [4.69, 9.17) is 5.73 Å². The summed E-state index contributed by atoms with van der Waals surface area (Å²) in [7, 11) is 0. The van der Waals surface area contributed by atoms with Crippen LogP contribution in [0.2, 0.25) is 0 Å². The van der Waals surface area contributed by atoms with E-state index in [9.17, 15) is 9.90 Å². The number of phenolic OH excluding ortho intramolecular Hbond substituents is 1. The quantitative estimate of drug-likeness (QED) is 0.674. The van der Waals surface area contributed by atoms with Gasteiger partial charge in [0.15, 0.2) is 0 Å². The molecule has 1 aliphatic rings. The Bertz CT molecular complexity index is 425. The third-order valence-corrected chi connectivity index (χ3v) is 2.96. The van der Waals surface area contributed by atoms with Crippen LogP contribution in [-0.2, 0) is 11.2 Å². The smallest absolute Gasteiger partial charge is 0.244 e. The first-order valence-corrected chi connectivity index (χ1v) is 5.47. The number of hydrogen-bond acceptors (Lipinski definition) is 3. The molecule has 4 nitrogen and oxygen atoms in total. The van der Waals surface area contributed by atoms with Crippen LogP contribution in [0, 0.1) is 0 Å². The molecular weight excluding hydrogens is 204 g/mol. The van der Waals surface area contributed by atoms with Crippen molar-refractivity contribution in [3.63, 3.8) is 0 Å². The Morgan fingerprint density at radius 1 is 1.56 bits per heavy atom. The first-order chi connectivity index (χ1) is 7.55. The minimum Gasteiger partial charge on any atom is -0.506 e. The van der Waals surface area contributed by atoms with Gasteiger partial charge < -0.3 is 16.2 Å². The molecular formula is C12H16N2O2. The molecule has 0 radical (unpaired) electrons. The molecule has 1 aliphatic carbocycles. The van der Waals surface area contributed by atoms with Gasteiger partial charge in [0.2, 0.25) is 5.91 Å². The zero-order chi connectivity index (χ0) is 11.8. The summed E-state index contributed by atoms with van der Waals surface area (Å²) in [5.41, 5.74) is 6.56. The summed E-state index contributed by atoms with van der Waals surface area (Å²) < 4.78 is 0. The van der Waals surface area contributed by atoms with Crippen molar-refractivity contribution < 1.29 is 9.90 Å². The molecule has 1 aromatic carbocycles. The van der Waals surface area contributed by atoms with E-state index in [0.717, 1.165) is 12.0 Å². The molecule has 0 heterocycles. The van der Waals surface area contributed by atoms with Gasteiger partial charge in [-0.25, -0.2) is 0 Å². The zero-order valence-corrected chi connectivity index (χ0v) is 9.29. The standard InChI is InChI=1S/C12H16N2O2/c1-2-8-3-4-10(15)9(7-8)14-11(16)12(13)5-6-12/h3-4,7,15H,2,5-6,13H2,1H3,(H,14,16). The van der Waals surface area contributed by atoms with Gasteiger partial charge in [-0.05, 0) is 37.0 Å². The van der Waals surface area contributed by atoms with E-state index in [1.165, 1.54) is 0 Å². The Morgan fingerprint density at radius 3 is 2.81 bits per heavy atom. The third kappa shape index (κ3) is 2.02. The monoisotopic (exact) mass is 220 g/mol. The van der Waals surface area contributed by atoms with Crippen molar-refractivity contribution in [2.24, 2.45) is 5.73 Å². The number of carbonyl (C=O) groups excluding carboxylic acids is 1. The van der Waals surface area contributed by atoms with Crippen LogP contribution in [0.4, 0.5) is 5.69 Å². The van der Waals surface area contributed by atoms with E-state index in [0.29, 0.717) is 18.5 Å². The maximum absolute atomic E-state index is 11.7. The molecule has 1 aromatic rings.